The molecule has 1 saturated carbocycles. The van der Waals surface area contributed by atoms with Gasteiger partial charge >= 0.3 is 0 Å². The number of piperidine rings is 1. The molecule has 0 spiro atoms. The van der Waals surface area contributed by atoms with Crippen LogP contribution in [0.1, 0.15) is 48.9 Å². The molecule has 7 heteroatoms. The molecule has 0 aromatic heterocycles. The summed E-state index contributed by atoms with van der Waals surface area (Å²) in [6.45, 7) is 1.80. The molecule has 2 bridgehead atoms. The lowest BCUT2D eigenvalue weighted by molar-refractivity contribution is -0.139. The Morgan fingerprint density at radius 3 is 2.53 bits per heavy atom. The van der Waals surface area contributed by atoms with Crippen LogP contribution >= 0.6 is 12.6 Å². The number of allylic oxidation sites excluding steroid dienone is 1. The van der Waals surface area contributed by atoms with Gasteiger partial charge in [-0.25, -0.2) is 0 Å². The van der Waals surface area contributed by atoms with Crippen LogP contribution in [0.4, 0.5) is 0 Å². The van der Waals surface area contributed by atoms with Gasteiger partial charge in [-0.3, -0.25) is 14.6 Å². The first-order valence-electron chi connectivity index (χ1n) is 11.5. The number of nitrogens with zero attached hydrogens (tertiary/aromatic N) is 4. The van der Waals surface area contributed by atoms with E-state index in [9.17, 15) is 14.9 Å². The molecule has 0 radical (unpaired) electrons. The third kappa shape index (κ3) is 3.55. The molecule has 1 aliphatic carbocycles. The van der Waals surface area contributed by atoms with Crippen molar-refractivity contribution in [3.05, 3.63) is 47.5 Å². The first-order chi connectivity index (χ1) is 15.4. The van der Waals surface area contributed by atoms with Crippen molar-refractivity contribution in [3.63, 3.8) is 0 Å². The molecule has 166 valence electrons. The second kappa shape index (κ2) is 8.08. The molecule has 1 atom stereocenters. The number of aliphatic imine (C=N–C) groups is 1. The van der Waals surface area contributed by atoms with Gasteiger partial charge < -0.3 is 9.80 Å². The SMILES string of the molecule is N#CC1=CC2([C@@H]3CCCN3C(=O)C3(S)CCN(C(=O)c4ccccc4)CC3)CC(C2)N=C1. The van der Waals surface area contributed by atoms with E-state index >= 15 is 0 Å². The van der Waals surface area contributed by atoms with Crippen LogP contribution in [-0.4, -0.2) is 64.3 Å². The summed E-state index contributed by atoms with van der Waals surface area (Å²) in [5.74, 6) is 0.101. The Labute approximate surface area is 194 Å². The molecule has 1 aromatic carbocycles. The molecule has 32 heavy (non-hydrogen) atoms. The lowest BCUT2D eigenvalue weighted by Crippen LogP contribution is -2.58. The number of likely N-dealkylation sites (tertiary alicyclic amines) is 2. The Morgan fingerprint density at radius 1 is 1.12 bits per heavy atom. The van der Waals surface area contributed by atoms with E-state index in [0.717, 1.165) is 32.2 Å². The highest BCUT2D eigenvalue weighted by molar-refractivity contribution is 7.82. The van der Waals surface area contributed by atoms with E-state index in [4.69, 9.17) is 12.6 Å². The number of hydrogen-bond donors (Lipinski definition) is 1. The number of thiol groups is 1. The predicted molar refractivity (Wildman–Crippen MR) is 126 cm³/mol. The number of hydrogen-bond acceptors (Lipinski definition) is 5. The van der Waals surface area contributed by atoms with Crippen LogP contribution in [0.25, 0.3) is 0 Å². The van der Waals surface area contributed by atoms with Crippen molar-refractivity contribution in [2.24, 2.45) is 10.4 Å². The Kier molecular flexibility index (Phi) is 5.37. The zero-order chi connectivity index (χ0) is 22.3. The Morgan fingerprint density at radius 2 is 1.84 bits per heavy atom. The standard InChI is InChI=1S/C25H28N4O2S/c26-16-18-13-24(14-20(15-24)27-17-18)21-7-4-10-29(21)23(31)25(32)8-11-28(12-9-25)22(30)19-5-2-1-3-6-19/h1-3,5-6,13,17,20-21,32H,4,7-12,14-15H2/t20?,21-,24?/m0/s1. The van der Waals surface area contributed by atoms with Crippen LogP contribution in [0.2, 0.25) is 0 Å². The molecule has 1 aromatic rings. The fraction of sp³-hybridized carbons (Fsp3) is 0.520. The molecule has 6 nitrogen and oxygen atoms in total. The summed E-state index contributed by atoms with van der Waals surface area (Å²) in [5.41, 5.74) is 1.14. The number of amides is 2. The zero-order valence-electron chi connectivity index (χ0n) is 18.1. The smallest absolute Gasteiger partial charge is 0.253 e. The van der Waals surface area contributed by atoms with Crippen LogP contribution in [0, 0.1) is 16.7 Å². The molecule has 6 rings (SSSR count). The highest BCUT2D eigenvalue weighted by Gasteiger charge is 2.55. The molecule has 3 fully saturated rings. The summed E-state index contributed by atoms with van der Waals surface area (Å²) in [6, 6.07) is 11.9. The highest BCUT2D eigenvalue weighted by atomic mass is 32.1. The van der Waals surface area contributed by atoms with Gasteiger partial charge in [-0.15, -0.1) is 0 Å². The minimum Gasteiger partial charge on any atom is -0.339 e. The summed E-state index contributed by atoms with van der Waals surface area (Å²) in [5, 5.41) is 9.45. The maximum atomic E-state index is 13.7. The van der Waals surface area contributed by atoms with Crippen molar-refractivity contribution in [2.45, 2.75) is 55.4 Å². The second-order valence-electron chi connectivity index (χ2n) is 9.63. The molecular formula is C25H28N4O2S. The molecule has 2 saturated heterocycles. The van der Waals surface area contributed by atoms with Crippen molar-refractivity contribution in [2.75, 3.05) is 19.6 Å². The van der Waals surface area contributed by atoms with Crippen LogP contribution in [0.15, 0.2) is 47.0 Å². The molecule has 0 N–H and O–H groups in total. The Balaban J connectivity index is 1.29. The number of fused-ring (bicyclic) bond motifs is 1. The number of nitriles is 1. The second-order valence-corrected chi connectivity index (χ2v) is 10.5. The van der Waals surface area contributed by atoms with Gasteiger partial charge in [0.05, 0.1) is 16.4 Å². The maximum absolute atomic E-state index is 13.7. The average Bonchev–Trinajstić information content (AvgIpc) is 3.12. The Bertz CT molecular complexity index is 1010. The van der Waals surface area contributed by atoms with Crippen molar-refractivity contribution in [1.82, 2.24) is 9.80 Å². The van der Waals surface area contributed by atoms with Gasteiger partial charge in [-0.05, 0) is 50.7 Å². The normalized spacial score (nSPS) is 30.7. The van der Waals surface area contributed by atoms with Crippen LogP contribution in [0.3, 0.4) is 0 Å². The van der Waals surface area contributed by atoms with E-state index in [-0.39, 0.29) is 29.3 Å². The molecule has 0 unspecified atom stereocenters. The predicted octanol–water partition coefficient (Wildman–Crippen LogP) is 3.27. The zero-order valence-corrected chi connectivity index (χ0v) is 19.0. The summed E-state index contributed by atoms with van der Waals surface area (Å²) in [6.07, 6.45) is 8.61. The van der Waals surface area contributed by atoms with Gasteiger partial charge in [-0.1, -0.05) is 24.3 Å². The van der Waals surface area contributed by atoms with E-state index in [1.165, 1.54) is 0 Å². The largest absolute Gasteiger partial charge is 0.339 e. The van der Waals surface area contributed by atoms with Crippen molar-refractivity contribution >= 4 is 30.7 Å². The monoisotopic (exact) mass is 448 g/mol. The number of carbonyl (C=O) groups is 2. The average molecular weight is 449 g/mol. The van der Waals surface area contributed by atoms with E-state index < -0.39 is 4.75 Å². The van der Waals surface area contributed by atoms with Crippen LogP contribution in [-0.2, 0) is 4.79 Å². The van der Waals surface area contributed by atoms with E-state index in [0.29, 0.717) is 37.1 Å². The van der Waals surface area contributed by atoms with Gasteiger partial charge in [-0.2, -0.15) is 17.9 Å². The van der Waals surface area contributed by atoms with Crippen molar-refractivity contribution in [1.29, 1.82) is 5.26 Å². The fourth-order valence-corrected chi connectivity index (χ4v) is 6.26. The Hall–Kier alpha value is -2.59. The van der Waals surface area contributed by atoms with E-state index in [1.807, 2.05) is 40.1 Å². The molecule has 4 heterocycles. The van der Waals surface area contributed by atoms with E-state index in [1.54, 1.807) is 6.21 Å². The van der Waals surface area contributed by atoms with Gasteiger partial charge in [0.2, 0.25) is 5.91 Å². The van der Waals surface area contributed by atoms with Gasteiger partial charge in [0.25, 0.3) is 5.91 Å². The van der Waals surface area contributed by atoms with Crippen molar-refractivity contribution in [3.8, 4) is 6.07 Å². The van der Waals surface area contributed by atoms with Crippen LogP contribution in [0.5, 0.6) is 0 Å². The number of rotatable bonds is 3. The quantitative estimate of drug-likeness (QED) is 0.721. The lowest BCUT2D eigenvalue weighted by Gasteiger charge is -2.51. The third-order valence-electron chi connectivity index (χ3n) is 7.70. The molecule has 5 aliphatic rings. The van der Waals surface area contributed by atoms with Gasteiger partial charge in [0.1, 0.15) is 6.07 Å². The first kappa shape index (κ1) is 21.3. The summed E-state index contributed by atoms with van der Waals surface area (Å²) >= 11 is 4.90. The molecular weight excluding hydrogens is 420 g/mol. The number of benzene rings is 1. The van der Waals surface area contributed by atoms with Gasteiger partial charge in [0, 0.05) is 42.9 Å². The molecule has 2 amide bonds. The van der Waals surface area contributed by atoms with Crippen LogP contribution < -0.4 is 0 Å². The van der Waals surface area contributed by atoms with Gasteiger partial charge in [0.15, 0.2) is 0 Å². The first-order valence-corrected chi connectivity index (χ1v) is 11.9. The van der Waals surface area contributed by atoms with E-state index in [2.05, 4.69) is 17.1 Å². The third-order valence-corrected chi connectivity index (χ3v) is 8.34. The van der Waals surface area contributed by atoms with Crippen molar-refractivity contribution < 1.29 is 9.59 Å². The summed E-state index contributed by atoms with van der Waals surface area (Å²) in [7, 11) is 0. The maximum Gasteiger partial charge on any atom is 0.253 e. The number of carbonyl (C=O) groups excluding carboxylic acids is 2. The minimum absolute atomic E-state index is 0.0134. The fourth-order valence-electron chi connectivity index (χ4n) is 5.93. The summed E-state index contributed by atoms with van der Waals surface area (Å²) < 4.78 is -0.751. The highest BCUT2D eigenvalue weighted by Crippen LogP contribution is 2.53. The minimum atomic E-state index is -0.751. The molecule has 4 aliphatic heterocycles. The lowest BCUT2D eigenvalue weighted by atomic mass is 9.60. The topological polar surface area (TPSA) is 76.8 Å². The summed E-state index contributed by atoms with van der Waals surface area (Å²) in [4.78, 5) is 34.9.